The summed E-state index contributed by atoms with van der Waals surface area (Å²) < 4.78 is 41.0. The Morgan fingerprint density at radius 3 is 2.77 bits per heavy atom. The number of amidine groups is 1. The molecule has 160 valence electrons. The highest BCUT2D eigenvalue weighted by Crippen LogP contribution is 2.38. The number of carbonyl (C=O) groups is 1. The molecule has 8 nitrogen and oxygen atoms in total. The normalized spacial score (nSPS) is 21.6. The van der Waals surface area contributed by atoms with Crippen LogP contribution in [0, 0.1) is 0 Å². The van der Waals surface area contributed by atoms with Gasteiger partial charge in [0.25, 0.3) is 5.91 Å². The van der Waals surface area contributed by atoms with Crippen LogP contribution in [0.3, 0.4) is 0 Å². The molecule has 1 aliphatic heterocycles. The van der Waals surface area contributed by atoms with E-state index in [4.69, 9.17) is 5.73 Å². The maximum Gasteiger partial charge on any atom is 0.422 e. The van der Waals surface area contributed by atoms with Crippen molar-refractivity contribution in [3.05, 3.63) is 42.1 Å². The summed E-state index contributed by atoms with van der Waals surface area (Å²) in [6.07, 6.45) is -0.216. The lowest BCUT2D eigenvalue weighted by molar-refractivity contribution is -0.154. The van der Waals surface area contributed by atoms with Crippen LogP contribution in [0.1, 0.15) is 36.5 Å². The van der Waals surface area contributed by atoms with Crippen LogP contribution >= 0.6 is 11.8 Å². The first kappa shape index (κ1) is 21.8. The second-order valence-corrected chi connectivity index (χ2v) is 8.34. The number of nitrogens with zero attached hydrogens (tertiary/aromatic N) is 4. The molecule has 0 spiro atoms. The lowest BCUT2D eigenvalue weighted by atomic mass is 9.91. The number of hydrogen-bond acceptors (Lipinski definition) is 8. The lowest BCUT2D eigenvalue weighted by Gasteiger charge is -2.32. The molecular formula is C18H19F3N6O2S. The van der Waals surface area contributed by atoms with E-state index in [1.54, 1.807) is 18.3 Å². The van der Waals surface area contributed by atoms with Crippen molar-refractivity contribution in [1.29, 1.82) is 0 Å². The minimum atomic E-state index is -4.49. The predicted octanol–water partition coefficient (Wildman–Crippen LogP) is 3.12. The van der Waals surface area contributed by atoms with Gasteiger partial charge < -0.3 is 15.8 Å². The summed E-state index contributed by atoms with van der Waals surface area (Å²) >= 11 is 1.50. The molecule has 12 heteroatoms. The highest BCUT2D eigenvalue weighted by Gasteiger charge is 2.34. The number of pyridine rings is 1. The molecule has 2 aromatic heterocycles. The van der Waals surface area contributed by atoms with Crippen molar-refractivity contribution in [1.82, 2.24) is 15.0 Å². The maximum atomic E-state index is 12.4. The molecule has 0 aliphatic carbocycles. The van der Waals surface area contributed by atoms with Crippen LogP contribution in [0.25, 0.3) is 0 Å². The van der Waals surface area contributed by atoms with Gasteiger partial charge in [-0.15, -0.1) is 0 Å². The van der Waals surface area contributed by atoms with Gasteiger partial charge in [0, 0.05) is 17.1 Å². The van der Waals surface area contributed by atoms with Crippen molar-refractivity contribution in [2.45, 2.75) is 37.2 Å². The van der Waals surface area contributed by atoms with E-state index in [-0.39, 0.29) is 16.8 Å². The minimum absolute atomic E-state index is 0.0797. The molecule has 0 unspecified atom stereocenters. The van der Waals surface area contributed by atoms with E-state index >= 15 is 0 Å². The summed E-state index contributed by atoms with van der Waals surface area (Å²) in [5, 5.41) is 3.41. The molecule has 0 radical (unpaired) electrons. The first-order valence-electron chi connectivity index (χ1n) is 8.85. The van der Waals surface area contributed by atoms with E-state index < -0.39 is 24.2 Å². The Balaban J connectivity index is 1.70. The van der Waals surface area contributed by atoms with Crippen LogP contribution in [0.4, 0.5) is 18.9 Å². The molecule has 0 saturated heterocycles. The van der Waals surface area contributed by atoms with Gasteiger partial charge in [-0.2, -0.15) is 13.2 Å². The number of carbonyl (C=O) groups excluding carboxylic acids is 1. The van der Waals surface area contributed by atoms with Gasteiger partial charge in [-0.05, 0) is 25.5 Å². The van der Waals surface area contributed by atoms with Crippen LogP contribution in [-0.2, 0) is 5.54 Å². The molecule has 0 aromatic carbocycles. The number of nitrogens with two attached hydrogens (primary N) is 1. The third kappa shape index (κ3) is 5.59. The molecule has 0 saturated carbocycles. The molecule has 1 amide bonds. The number of alkyl halides is 3. The zero-order valence-electron chi connectivity index (χ0n) is 16.1. The molecule has 2 atom stereocenters. The summed E-state index contributed by atoms with van der Waals surface area (Å²) in [6.45, 7) is 2.49. The van der Waals surface area contributed by atoms with E-state index in [0.29, 0.717) is 16.5 Å². The van der Waals surface area contributed by atoms with Crippen molar-refractivity contribution in [3.8, 4) is 5.88 Å². The largest absolute Gasteiger partial charge is 0.467 e. The number of aromatic nitrogens is 3. The topological polar surface area (TPSA) is 115 Å². The van der Waals surface area contributed by atoms with Crippen molar-refractivity contribution >= 4 is 28.5 Å². The molecule has 0 bridgehead atoms. The quantitative estimate of drug-likeness (QED) is 0.734. The molecule has 30 heavy (non-hydrogen) atoms. The number of nitrogens with one attached hydrogen (secondary N) is 1. The number of amides is 1. The summed E-state index contributed by atoms with van der Waals surface area (Å²) in [6, 6.07) is 3.30. The lowest BCUT2D eigenvalue weighted by Crippen LogP contribution is -2.33. The SMILES string of the molecule is C[C@@H]1C[C@@](C)(c2cc(NC(=O)c3cnc(OCC(F)(F)F)cn3)ccn2)N=C(N)S1. The van der Waals surface area contributed by atoms with Crippen molar-refractivity contribution in [2.75, 3.05) is 11.9 Å². The highest BCUT2D eigenvalue weighted by molar-refractivity contribution is 8.14. The number of aliphatic imine (C=N–C) groups is 1. The van der Waals surface area contributed by atoms with E-state index in [9.17, 15) is 18.0 Å². The van der Waals surface area contributed by atoms with Gasteiger partial charge in [-0.25, -0.2) is 15.0 Å². The molecule has 2 aromatic rings. The van der Waals surface area contributed by atoms with E-state index in [0.717, 1.165) is 18.8 Å². The van der Waals surface area contributed by atoms with E-state index in [1.165, 1.54) is 11.8 Å². The molecule has 3 N–H and O–H groups in total. The Bertz CT molecular complexity index is 954. The highest BCUT2D eigenvalue weighted by atomic mass is 32.2. The second-order valence-electron chi connectivity index (χ2n) is 6.88. The Labute approximate surface area is 174 Å². The van der Waals surface area contributed by atoms with Crippen LogP contribution in [0.5, 0.6) is 5.88 Å². The van der Waals surface area contributed by atoms with Gasteiger partial charge in [0.1, 0.15) is 11.2 Å². The van der Waals surface area contributed by atoms with Crippen molar-refractivity contribution < 1.29 is 22.7 Å². The zero-order chi connectivity index (χ0) is 21.9. The average Bonchev–Trinajstić information content (AvgIpc) is 2.65. The first-order chi connectivity index (χ1) is 14.0. The molecule has 3 rings (SSSR count). The Morgan fingerprint density at radius 2 is 2.13 bits per heavy atom. The number of anilines is 1. The fraction of sp³-hybridized carbons (Fsp3) is 0.389. The van der Waals surface area contributed by atoms with Crippen LogP contribution in [-0.4, -0.2) is 44.1 Å². The van der Waals surface area contributed by atoms with Gasteiger partial charge in [0.2, 0.25) is 5.88 Å². The van der Waals surface area contributed by atoms with Crippen LogP contribution in [0.15, 0.2) is 35.7 Å². The Morgan fingerprint density at radius 1 is 1.37 bits per heavy atom. The standard InChI is InChI=1S/C18H19F3N6O2S/c1-10-6-17(2,27-16(22)30-10)13-5-11(3-4-23-13)26-15(28)12-7-25-14(8-24-12)29-9-18(19,20)21/h3-5,7-8,10H,6,9H2,1-2H3,(H2,22,27)(H,23,26,28)/t10-,17+/m1/s1. The fourth-order valence-electron chi connectivity index (χ4n) is 2.95. The smallest absolute Gasteiger partial charge is 0.422 e. The van der Waals surface area contributed by atoms with Crippen LogP contribution in [0.2, 0.25) is 0 Å². The monoisotopic (exact) mass is 440 g/mol. The Hall–Kier alpha value is -2.89. The van der Waals surface area contributed by atoms with Crippen LogP contribution < -0.4 is 15.8 Å². The molecule has 1 aliphatic rings. The number of ether oxygens (including phenoxy) is 1. The van der Waals surface area contributed by atoms with E-state index in [2.05, 4.69) is 36.9 Å². The van der Waals surface area contributed by atoms with Gasteiger partial charge in [-0.3, -0.25) is 9.78 Å². The maximum absolute atomic E-state index is 12.4. The predicted molar refractivity (Wildman–Crippen MR) is 106 cm³/mol. The summed E-state index contributed by atoms with van der Waals surface area (Å²) in [5.41, 5.74) is 6.33. The van der Waals surface area contributed by atoms with Gasteiger partial charge >= 0.3 is 6.18 Å². The van der Waals surface area contributed by atoms with E-state index in [1.807, 2.05) is 6.92 Å². The number of rotatable bonds is 5. The average molecular weight is 440 g/mol. The van der Waals surface area contributed by atoms with Crippen molar-refractivity contribution in [2.24, 2.45) is 10.7 Å². The van der Waals surface area contributed by atoms with Gasteiger partial charge in [0.05, 0.1) is 18.1 Å². The first-order valence-corrected chi connectivity index (χ1v) is 9.73. The van der Waals surface area contributed by atoms with Gasteiger partial charge in [-0.1, -0.05) is 18.7 Å². The third-order valence-electron chi connectivity index (χ3n) is 4.18. The molecule has 3 heterocycles. The zero-order valence-corrected chi connectivity index (χ0v) is 16.9. The van der Waals surface area contributed by atoms with Gasteiger partial charge in [0.15, 0.2) is 11.8 Å². The number of thioether (sulfide) groups is 1. The van der Waals surface area contributed by atoms with Crippen molar-refractivity contribution in [3.63, 3.8) is 0 Å². The summed E-state index contributed by atoms with van der Waals surface area (Å²) in [7, 11) is 0. The second kappa shape index (κ2) is 8.46. The fourth-order valence-corrected chi connectivity index (χ4v) is 4.02. The number of hydrogen-bond donors (Lipinski definition) is 2. The molecule has 0 fully saturated rings. The summed E-state index contributed by atoms with van der Waals surface area (Å²) in [4.78, 5) is 28.8. The summed E-state index contributed by atoms with van der Waals surface area (Å²) in [5.74, 6) is -0.912. The number of halogens is 3. The third-order valence-corrected chi connectivity index (χ3v) is 5.08. The Kier molecular flexibility index (Phi) is 6.15. The molecular weight excluding hydrogens is 421 g/mol. The minimum Gasteiger partial charge on any atom is -0.467 e.